The summed E-state index contributed by atoms with van der Waals surface area (Å²) in [5, 5.41) is 10.8. The minimum absolute atomic E-state index is 0.0335. The highest BCUT2D eigenvalue weighted by molar-refractivity contribution is 6.30. The molecule has 4 heteroatoms. The highest BCUT2D eigenvalue weighted by atomic mass is 35.5. The van der Waals surface area contributed by atoms with E-state index in [9.17, 15) is 9.90 Å². The summed E-state index contributed by atoms with van der Waals surface area (Å²) in [6.45, 7) is 6.01. The number of likely N-dealkylation sites (tertiary alicyclic amines) is 1. The van der Waals surface area contributed by atoms with Crippen molar-refractivity contribution in [3.8, 4) is 0 Å². The first kappa shape index (κ1) is 15.3. The second-order valence-corrected chi connectivity index (χ2v) is 6.29. The Morgan fingerprint density at radius 2 is 2.00 bits per heavy atom. The van der Waals surface area contributed by atoms with Crippen LogP contribution in [0.25, 0.3) is 0 Å². The van der Waals surface area contributed by atoms with E-state index in [1.807, 2.05) is 4.90 Å². The van der Waals surface area contributed by atoms with Crippen LogP contribution in [0.5, 0.6) is 0 Å². The number of aliphatic hydroxyl groups excluding tert-OH is 1. The lowest BCUT2D eigenvalue weighted by Gasteiger charge is -2.35. The zero-order valence-electron chi connectivity index (χ0n) is 12.1. The van der Waals surface area contributed by atoms with Crippen molar-refractivity contribution in [3.05, 3.63) is 34.9 Å². The summed E-state index contributed by atoms with van der Waals surface area (Å²) in [5.41, 5.74) is 0.737. The predicted molar refractivity (Wildman–Crippen MR) is 80.6 cm³/mol. The smallest absolute Gasteiger partial charge is 0.225 e. The van der Waals surface area contributed by atoms with Gasteiger partial charge in [-0.25, -0.2) is 0 Å². The third-order valence-electron chi connectivity index (χ3n) is 4.31. The van der Waals surface area contributed by atoms with Crippen LogP contribution >= 0.6 is 11.6 Å². The lowest BCUT2D eigenvalue weighted by atomic mass is 9.88. The maximum Gasteiger partial charge on any atom is 0.225 e. The van der Waals surface area contributed by atoms with Gasteiger partial charge in [0.2, 0.25) is 5.91 Å². The molecule has 1 aliphatic heterocycles. The number of nitrogens with zero attached hydrogens (tertiary/aromatic N) is 1. The van der Waals surface area contributed by atoms with Crippen molar-refractivity contribution >= 4 is 17.5 Å². The third-order valence-corrected chi connectivity index (χ3v) is 4.56. The van der Waals surface area contributed by atoms with Crippen molar-refractivity contribution in [3.63, 3.8) is 0 Å². The Bertz CT molecular complexity index is 460. The second kappa shape index (κ2) is 6.59. The van der Waals surface area contributed by atoms with Gasteiger partial charge >= 0.3 is 0 Å². The van der Waals surface area contributed by atoms with Gasteiger partial charge in [0.25, 0.3) is 0 Å². The van der Waals surface area contributed by atoms with E-state index in [2.05, 4.69) is 13.8 Å². The number of hydrogen-bond donors (Lipinski definition) is 1. The molecule has 0 aliphatic carbocycles. The Morgan fingerprint density at radius 1 is 1.35 bits per heavy atom. The van der Waals surface area contributed by atoms with Crippen LogP contribution in [0.3, 0.4) is 0 Å². The number of carbonyl (C=O) groups is 1. The van der Waals surface area contributed by atoms with Crippen LogP contribution < -0.4 is 0 Å². The van der Waals surface area contributed by atoms with Gasteiger partial charge in [-0.3, -0.25) is 4.79 Å². The Morgan fingerprint density at radius 3 is 2.60 bits per heavy atom. The van der Waals surface area contributed by atoms with Gasteiger partial charge in [0.15, 0.2) is 0 Å². The zero-order chi connectivity index (χ0) is 14.7. The molecule has 0 bridgehead atoms. The Labute approximate surface area is 125 Å². The number of carbonyl (C=O) groups excluding carboxylic acids is 1. The molecule has 1 amide bonds. The summed E-state index contributed by atoms with van der Waals surface area (Å²) in [6.07, 6.45) is 0.432. The summed E-state index contributed by atoms with van der Waals surface area (Å²) >= 11 is 5.82. The summed E-state index contributed by atoms with van der Waals surface area (Å²) in [7, 11) is 0. The van der Waals surface area contributed by atoms with Crippen LogP contribution in [0.4, 0.5) is 0 Å². The summed E-state index contributed by atoms with van der Waals surface area (Å²) in [5.74, 6) is 1.23. The van der Waals surface area contributed by atoms with Gasteiger partial charge in [-0.1, -0.05) is 37.6 Å². The van der Waals surface area contributed by atoms with E-state index in [1.54, 1.807) is 24.3 Å². The summed E-state index contributed by atoms with van der Waals surface area (Å²) in [4.78, 5) is 14.1. The third kappa shape index (κ3) is 3.74. The molecule has 20 heavy (non-hydrogen) atoms. The van der Waals surface area contributed by atoms with Crippen LogP contribution in [-0.2, 0) is 4.79 Å². The van der Waals surface area contributed by atoms with E-state index in [-0.39, 0.29) is 12.3 Å². The van der Waals surface area contributed by atoms with E-state index in [0.29, 0.717) is 16.9 Å². The second-order valence-electron chi connectivity index (χ2n) is 5.85. The first-order valence-electron chi connectivity index (χ1n) is 7.18. The first-order valence-corrected chi connectivity index (χ1v) is 7.56. The highest BCUT2D eigenvalue weighted by Crippen LogP contribution is 2.25. The molecule has 110 valence electrons. The molecule has 3 nitrogen and oxygen atoms in total. The fourth-order valence-electron chi connectivity index (χ4n) is 2.59. The SMILES string of the molecule is CC1CCN(C(=O)CC(O)c2ccc(Cl)cc2)CC1C. The maximum atomic E-state index is 12.2. The van der Waals surface area contributed by atoms with Gasteiger partial charge in [-0.05, 0) is 36.0 Å². The number of piperidine rings is 1. The van der Waals surface area contributed by atoms with Gasteiger partial charge in [-0.2, -0.15) is 0 Å². The molecule has 1 N–H and O–H groups in total. The van der Waals surface area contributed by atoms with E-state index in [4.69, 9.17) is 11.6 Å². The molecule has 3 unspecified atom stereocenters. The zero-order valence-corrected chi connectivity index (χ0v) is 12.8. The van der Waals surface area contributed by atoms with E-state index in [1.165, 1.54) is 0 Å². The van der Waals surface area contributed by atoms with Crippen LogP contribution in [0.15, 0.2) is 24.3 Å². The Balaban J connectivity index is 1.92. The Kier molecular flexibility index (Phi) is 5.06. The Hall–Kier alpha value is -1.06. The first-order chi connectivity index (χ1) is 9.47. The lowest BCUT2D eigenvalue weighted by molar-refractivity contribution is -0.135. The molecule has 3 atom stereocenters. The van der Waals surface area contributed by atoms with Gasteiger partial charge in [-0.15, -0.1) is 0 Å². The standard InChI is InChI=1S/C16H22ClNO2/c1-11-7-8-18(10-12(11)2)16(20)9-15(19)13-3-5-14(17)6-4-13/h3-6,11-12,15,19H,7-10H2,1-2H3. The molecular formula is C16H22ClNO2. The molecule has 2 rings (SSSR count). The van der Waals surface area contributed by atoms with Crippen molar-refractivity contribution in [1.29, 1.82) is 0 Å². The number of hydrogen-bond acceptors (Lipinski definition) is 2. The number of amides is 1. The summed E-state index contributed by atoms with van der Waals surface area (Å²) < 4.78 is 0. The molecule has 0 saturated carbocycles. The predicted octanol–water partition coefficient (Wildman–Crippen LogP) is 3.27. The van der Waals surface area contributed by atoms with Crippen LogP contribution in [0, 0.1) is 11.8 Å². The van der Waals surface area contributed by atoms with Gasteiger partial charge in [0, 0.05) is 18.1 Å². The fourth-order valence-corrected chi connectivity index (χ4v) is 2.71. The van der Waals surface area contributed by atoms with Gasteiger partial charge < -0.3 is 10.0 Å². The van der Waals surface area contributed by atoms with Crippen LogP contribution in [0.2, 0.25) is 5.02 Å². The number of benzene rings is 1. The van der Waals surface area contributed by atoms with Crippen LogP contribution in [0.1, 0.15) is 38.4 Å². The fraction of sp³-hybridized carbons (Fsp3) is 0.562. The molecule has 1 aromatic carbocycles. The average Bonchev–Trinajstić information content (AvgIpc) is 2.42. The highest BCUT2D eigenvalue weighted by Gasteiger charge is 2.27. The normalized spacial score (nSPS) is 24.5. The molecule has 0 spiro atoms. The average molecular weight is 296 g/mol. The van der Waals surface area contributed by atoms with E-state index in [0.717, 1.165) is 25.1 Å². The number of aliphatic hydroxyl groups is 1. The van der Waals surface area contributed by atoms with Crippen molar-refractivity contribution in [2.45, 2.75) is 32.8 Å². The molecule has 1 aliphatic rings. The van der Waals surface area contributed by atoms with Crippen molar-refractivity contribution in [2.75, 3.05) is 13.1 Å². The lowest BCUT2D eigenvalue weighted by Crippen LogP contribution is -2.42. The minimum atomic E-state index is -0.755. The van der Waals surface area contributed by atoms with E-state index < -0.39 is 6.10 Å². The van der Waals surface area contributed by atoms with Crippen molar-refractivity contribution in [2.24, 2.45) is 11.8 Å². The molecule has 1 saturated heterocycles. The molecule has 1 heterocycles. The summed E-state index contributed by atoms with van der Waals surface area (Å²) in [6, 6.07) is 6.99. The van der Waals surface area contributed by atoms with Gasteiger partial charge in [0.05, 0.1) is 12.5 Å². The van der Waals surface area contributed by atoms with Gasteiger partial charge in [0.1, 0.15) is 0 Å². The number of rotatable bonds is 3. The van der Waals surface area contributed by atoms with Crippen molar-refractivity contribution in [1.82, 2.24) is 4.90 Å². The minimum Gasteiger partial charge on any atom is -0.388 e. The van der Waals surface area contributed by atoms with Crippen LogP contribution in [-0.4, -0.2) is 29.0 Å². The molecule has 1 aromatic rings. The molecule has 0 radical (unpaired) electrons. The molecular weight excluding hydrogens is 274 g/mol. The quantitative estimate of drug-likeness (QED) is 0.930. The number of halogens is 1. The monoisotopic (exact) mass is 295 g/mol. The molecule has 1 fully saturated rings. The topological polar surface area (TPSA) is 40.5 Å². The largest absolute Gasteiger partial charge is 0.388 e. The van der Waals surface area contributed by atoms with E-state index >= 15 is 0 Å². The van der Waals surface area contributed by atoms with Crippen molar-refractivity contribution < 1.29 is 9.90 Å². The maximum absolute atomic E-state index is 12.2. The molecule has 0 aromatic heterocycles.